The van der Waals surface area contributed by atoms with Crippen molar-refractivity contribution in [3.05, 3.63) is 35.9 Å². The molecule has 114 valence electrons. The fourth-order valence-electron chi connectivity index (χ4n) is 2.47. The zero-order chi connectivity index (χ0) is 15.2. The summed E-state index contributed by atoms with van der Waals surface area (Å²) >= 11 is 0. The molecule has 5 nitrogen and oxygen atoms in total. The number of hydrogen-bond acceptors (Lipinski definition) is 3. The van der Waals surface area contributed by atoms with Gasteiger partial charge in [-0.2, -0.15) is 0 Å². The second kappa shape index (κ2) is 7.17. The summed E-state index contributed by atoms with van der Waals surface area (Å²) in [5.74, 6) is -0.186. The molecule has 1 aromatic carbocycles. The molecule has 3 unspecified atom stereocenters. The topological polar surface area (TPSA) is 75.6 Å². The third-order valence-electron chi connectivity index (χ3n) is 3.56. The summed E-state index contributed by atoms with van der Waals surface area (Å²) in [6, 6.07) is 8.31. The van der Waals surface area contributed by atoms with Crippen LogP contribution in [-0.2, 0) is 4.74 Å². The summed E-state index contributed by atoms with van der Waals surface area (Å²) in [5, 5.41) is 10.9. The van der Waals surface area contributed by atoms with Crippen LogP contribution < -0.4 is 5.32 Å². The molecule has 2 rings (SSSR count). The predicted molar refractivity (Wildman–Crippen MR) is 74.2 cm³/mol. The largest absolute Gasteiger partial charge is 0.465 e. The molecule has 0 spiro atoms. The van der Waals surface area contributed by atoms with E-state index in [2.05, 4.69) is 5.32 Å². The maximum absolute atomic E-state index is 13.9. The average Bonchev–Trinajstić information content (AvgIpc) is 2.46. The number of Topliss-reactive ketones (excluding diaryl/α,β-unsaturated/α-hetero) is 1. The van der Waals surface area contributed by atoms with Crippen LogP contribution in [-0.4, -0.2) is 41.9 Å². The number of carbonyl (C=O) groups is 2. The van der Waals surface area contributed by atoms with E-state index in [0.717, 1.165) is 0 Å². The number of ether oxygens (including phenoxy) is 1. The van der Waals surface area contributed by atoms with Crippen LogP contribution in [0.5, 0.6) is 0 Å². The Labute approximate surface area is 122 Å². The van der Waals surface area contributed by atoms with Gasteiger partial charge in [0.2, 0.25) is 0 Å². The number of carbonyl (C=O) groups excluding carboxylic acids is 1. The average molecular weight is 295 g/mol. The first-order valence-corrected chi connectivity index (χ1v) is 6.89. The molecular formula is C15H18FNO4. The van der Waals surface area contributed by atoms with E-state index in [0.29, 0.717) is 18.4 Å². The molecule has 0 radical (unpaired) electrons. The van der Waals surface area contributed by atoms with E-state index in [1.807, 2.05) is 6.07 Å². The molecule has 0 aliphatic heterocycles. The Morgan fingerprint density at radius 2 is 2.00 bits per heavy atom. The standard InChI is InChI=1S/C15H18FNO4/c16-12-8-11(17-15(19)20)6-7-14(12)21-9-13(18)10-4-2-1-3-5-10/h1-5,11-12,14,17H,6-9H2,(H,19,20). The van der Waals surface area contributed by atoms with Crippen molar-refractivity contribution in [3.63, 3.8) is 0 Å². The number of nitrogens with one attached hydrogen (secondary N) is 1. The van der Waals surface area contributed by atoms with Crippen LogP contribution in [0.25, 0.3) is 0 Å². The van der Waals surface area contributed by atoms with Gasteiger partial charge in [0.05, 0.1) is 6.10 Å². The zero-order valence-electron chi connectivity index (χ0n) is 11.5. The highest BCUT2D eigenvalue weighted by molar-refractivity contribution is 5.97. The molecule has 3 atom stereocenters. The summed E-state index contributed by atoms with van der Waals surface area (Å²) in [6.07, 6.45) is -2.07. The van der Waals surface area contributed by atoms with E-state index in [1.54, 1.807) is 24.3 Å². The van der Waals surface area contributed by atoms with Crippen molar-refractivity contribution in [2.75, 3.05) is 6.61 Å². The monoisotopic (exact) mass is 295 g/mol. The molecule has 1 aliphatic rings. The normalized spacial score (nSPS) is 25.3. The van der Waals surface area contributed by atoms with Crippen molar-refractivity contribution in [2.45, 2.75) is 37.6 Å². The quantitative estimate of drug-likeness (QED) is 0.818. The number of carboxylic acid groups (broad SMARTS) is 1. The molecule has 0 aromatic heterocycles. The highest BCUT2D eigenvalue weighted by Gasteiger charge is 2.32. The fraction of sp³-hybridized carbons (Fsp3) is 0.467. The lowest BCUT2D eigenvalue weighted by molar-refractivity contribution is -0.0234. The van der Waals surface area contributed by atoms with Gasteiger partial charge in [-0.05, 0) is 12.8 Å². The minimum Gasteiger partial charge on any atom is -0.465 e. The lowest BCUT2D eigenvalue weighted by Gasteiger charge is -2.31. The Morgan fingerprint density at radius 1 is 1.29 bits per heavy atom. The number of ketones is 1. The fourth-order valence-corrected chi connectivity index (χ4v) is 2.47. The van der Waals surface area contributed by atoms with Crippen LogP contribution >= 0.6 is 0 Å². The Kier molecular flexibility index (Phi) is 5.27. The molecule has 0 saturated heterocycles. The van der Waals surface area contributed by atoms with E-state index >= 15 is 0 Å². The van der Waals surface area contributed by atoms with E-state index in [4.69, 9.17) is 9.84 Å². The number of halogens is 1. The molecule has 0 bridgehead atoms. The van der Waals surface area contributed by atoms with Crippen LogP contribution in [0, 0.1) is 0 Å². The highest BCUT2D eigenvalue weighted by Crippen LogP contribution is 2.24. The van der Waals surface area contributed by atoms with Crippen LogP contribution in [0.15, 0.2) is 30.3 Å². The summed E-state index contributed by atoms with van der Waals surface area (Å²) in [6.45, 7) is -0.161. The van der Waals surface area contributed by atoms with E-state index in [9.17, 15) is 14.0 Å². The molecule has 6 heteroatoms. The van der Waals surface area contributed by atoms with Gasteiger partial charge in [-0.25, -0.2) is 9.18 Å². The van der Waals surface area contributed by atoms with Gasteiger partial charge in [-0.15, -0.1) is 0 Å². The second-order valence-electron chi connectivity index (χ2n) is 5.11. The third-order valence-corrected chi connectivity index (χ3v) is 3.56. The number of hydrogen-bond donors (Lipinski definition) is 2. The number of benzene rings is 1. The first kappa shape index (κ1) is 15.4. The van der Waals surface area contributed by atoms with Gasteiger partial charge in [0.1, 0.15) is 12.8 Å². The maximum atomic E-state index is 13.9. The molecule has 1 aliphatic carbocycles. The van der Waals surface area contributed by atoms with E-state index in [-0.39, 0.29) is 24.9 Å². The Morgan fingerprint density at radius 3 is 2.62 bits per heavy atom. The third kappa shape index (κ3) is 4.53. The number of rotatable bonds is 5. The number of alkyl halides is 1. The van der Waals surface area contributed by atoms with Crippen molar-refractivity contribution in [2.24, 2.45) is 0 Å². The van der Waals surface area contributed by atoms with Crippen LogP contribution in [0.4, 0.5) is 9.18 Å². The molecule has 1 aromatic rings. The van der Waals surface area contributed by atoms with Gasteiger partial charge in [-0.3, -0.25) is 4.79 Å². The molecule has 0 heterocycles. The first-order valence-electron chi connectivity index (χ1n) is 6.89. The van der Waals surface area contributed by atoms with Gasteiger partial charge >= 0.3 is 6.09 Å². The minimum atomic E-state index is -1.26. The van der Waals surface area contributed by atoms with Gasteiger partial charge in [0, 0.05) is 18.0 Å². The van der Waals surface area contributed by atoms with Crippen LogP contribution in [0.1, 0.15) is 29.6 Å². The molecule has 2 N–H and O–H groups in total. The summed E-state index contributed by atoms with van der Waals surface area (Å²) in [5.41, 5.74) is 0.536. The predicted octanol–water partition coefficient (Wildman–Crippen LogP) is 2.41. The van der Waals surface area contributed by atoms with Gasteiger partial charge < -0.3 is 15.2 Å². The SMILES string of the molecule is O=C(O)NC1CCC(OCC(=O)c2ccccc2)C(F)C1. The highest BCUT2D eigenvalue weighted by atomic mass is 19.1. The van der Waals surface area contributed by atoms with E-state index in [1.165, 1.54) is 0 Å². The maximum Gasteiger partial charge on any atom is 0.404 e. The summed E-state index contributed by atoms with van der Waals surface area (Å²) < 4.78 is 19.3. The number of amides is 1. The van der Waals surface area contributed by atoms with Crippen LogP contribution in [0.2, 0.25) is 0 Å². The lowest BCUT2D eigenvalue weighted by atomic mass is 9.91. The second-order valence-corrected chi connectivity index (χ2v) is 5.11. The first-order chi connectivity index (χ1) is 10.1. The van der Waals surface area contributed by atoms with Crippen molar-refractivity contribution in [1.29, 1.82) is 0 Å². The van der Waals surface area contributed by atoms with Crippen molar-refractivity contribution in [1.82, 2.24) is 5.32 Å². The molecular weight excluding hydrogens is 277 g/mol. The van der Waals surface area contributed by atoms with Gasteiger partial charge in [-0.1, -0.05) is 30.3 Å². The Hall–Kier alpha value is -1.95. The minimum absolute atomic E-state index is 0.0799. The van der Waals surface area contributed by atoms with Gasteiger partial charge in [0.25, 0.3) is 0 Å². The lowest BCUT2D eigenvalue weighted by Crippen LogP contribution is -2.44. The molecule has 1 fully saturated rings. The molecule has 21 heavy (non-hydrogen) atoms. The Balaban J connectivity index is 1.79. The van der Waals surface area contributed by atoms with E-state index < -0.39 is 18.4 Å². The summed E-state index contributed by atoms with van der Waals surface area (Å²) in [4.78, 5) is 22.4. The smallest absolute Gasteiger partial charge is 0.404 e. The summed E-state index contributed by atoms with van der Waals surface area (Å²) in [7, 11) is 0. The van der Waals surface area contributed by atoms with Crippen molar-refractivity contribution in [3.8, 4) is 0 Å². The van der Waals surface area contributed by atoms with Gasteiger partial charge in [0.15, 0.2) is 5.78 Å². The molecule has 1 amide bonds. The van der Waals surface area contributed by atoms with Crippen LogP contribution in [0.3, 0.4) is 0 Å². The van der Waals surface area contributed by atoms with Crippen molar-refractivity contribution >= 4 is 11.9 Å². The molecule has 1 saturated carbocycles. The Bertz CT molecular complexity index is 494. The van der Waals surface area contributed by atoms with Crippen molar-refractivity contribution < 1.29 is 23.8 Å². The zero-order valence-corrected chi connectivity index (χ0v) is 11.5.